The van der Waals surface area contributed by atoms with E-state index in [-0.39, 0.29) is 0 Å². The van der Waals surface area contributed by atoms with Gasteiger partial charge in [-0.05, 0) is 54.5 Å². The zero-order valence-electron chi connectivity index (χ0n) is 9.71. The van der Waals surface area contributed by atoms with Crippen LogP contribution in [0.3, 0.4) is 0 Å². The monoisotopic (exact) mass is 286 g/mol. The molecule has 1 aliphatic heterocycles. The van der Waals surface area contributed by atoms with Crippen molar-refractivity contribution >= 4 is 15.9 Å². The molecular formula is C12H19BrN2O. The van der Waals surface area contributed by atoms with Gasteiger partial charge in [-0.25, -0.2) is 0 Å². The van der Waals surface area contributed by atoms with Crippen LogP contribution in [0, 0.1) is 0 Å². The Morgan fingerprint density at radius 2 is 2.38 bits per heavy atom. The summed E-state index contributed by atoms with van der Waals surface area (Å²) in [7, 11) is 2.22. The number of nitrogens with zero attached hydrogens (tertiary/aromatic N) is 1. The van der Waals surface area contributed by atoms with Gasteiger partial charge >= 0.3 is 0 Å². The molecule has 1 unspecified atom stereocenters. The fourth-order valence-electron chi connectivity index (χ4n) is 2.21. The van der Waals surface area contributed by atoms with Gasteiger partial charge < -0.3 is 14.6 Å². The molecule has 0 saturated carbocycles. The molecule has 1 aromatic rings. The standard InChI is InChI=1S/C12H19BrN2O/c1-15-7-3-2-4-10(15)8-14-9-11-5-6-12(13)16-11/h5-6,10,14H,2-4,7-9H2,1H3. The third-order valence-electron chi connectivity index (χ3n) is 3.23. The molecule has 0 spiro atoms. The van der Waals surface area contributed by atoms with Gasteiger partial charge in [0.2, 0.25) is 0 Å². The van der Waals surface area contributed by atoms with Gasteiger partial charge in [-0.2, -0.15) is 0 Å². The first kappa shape index (κ1) is 12.1. The number of hydrogen-bond donors (Lipinski definition) is 1. The minimum absolute atomic E-state index is 0.687. The Morgan fingerprint density at radius 1 is 1.50 bits per heavy atom. The fraction of sp³-hybridized carbons (Fsp3) is 0.667. The summed E-state index contributed by atoms with van der Waals surface area (Å²) in [5, 5.41) is 3.46. The van der Waals surface area contributed by atoms with Gasteiger partial charge in [0.05, 0.1) is 6.54 Å². The average Bonchev–Trinajstić information content (AvgIpc) is 2.67. The first-order valence-corrected chi connectivity index (χ1v) is 6.70. The highest BCUT2D eigenvalue weighted by molar-refractivity contribution is 9.10. The van der Waals surface area contributed by atoms with E-state index in [1.165, 1.54) is 25.8 Å². The van der Waals surface area contributed by atoms with Gasteiger partial charge in [0.25, 0.3) is 0 Å². The molecule has 0 amide bonds. The van der Waals surface area contributed by atoms with Crippen molar-refractivity contribution in [3.63, 3.8) is 0 Å². The van der Waals surface area contributed by atoms with Gasteiger partial charge in [0, 0.05) is 12.6 Å². The van der Waals surface area contributed by atoms with E-state index in [1.54, 1.807) is 0 Å². The number of rotatable bonds is 4. The van der Waals surface area contributed by atoms with Crippen LogP contribution < -0.4 is 5.32 Å². The summed E-state index contributed by atoms with van der Waals surface area (Å²) in [4.78, 5) is 2.45. The number of nitrogens with one attached hydrogen (secondary N) is 1. The lowest BCUT2D eigenvalue weighted by atomic mass is 10.0. The highest BCUT2D eigenvalue weighted by atomic mass is 79.9. The third kappa shape index (κ3) is 3.34. The van der Waals surface area contributed by atoms with Crippen LogP contribution in [0.4, 0.5) is 0 Å². The first-order valence-electron chi connectivity index (χ1n) is 5.91. The van der Waals surface area contributed by atoms with E-state index >= 15 is 0 Å². The van der Waals surface area contributed by atoms with E-state index in [9.17, 15) is 0 Å². The van der Waals surface area contributed by atoms with Crippen LogP contribution in [0.5, 0.6) is 0 Å². The topological polar surface area (TPSA) is 28.4 Å². The maximum Gasteiger partial charge on any atom is 0.169 e. The molecule has 1 fully saturated rings. The molecule has 1 atom stereocenters. The summed E-state index contributed by atoms with van der Waals surface area (Å²) in [6, 6.07) is 4.62. The van der Waals surface area contributed by atoms with Crippen LogP contribution in [0.25, 0.3) is 0 Å². The van der Waals surface area contributed by atoms with Crippen molar-refractivity contribution in [1.29, 1.82) is 0 Å². The predicted octanol–water partition coefficient (Wildman–Crippen LogP) is 2.62. The number of halogens is 1. The van der Waals surface area contributed by atoms with Crippen LogP contribution in [0.2, 0.25) is 0 Å². The van der Waals surface area contributed by atoms with Gasteiger partial charge in [0.1, 0.15) is 5.76 Å². The Kier molecular flexibility index (Phi) is 4.44. The van der Waals surface area contributed by atoms with E-state index in [0.29, 0.717) is 6.04 Å². The van der Waals surface area contributed by atoms with E-state index < -0.39 is 0 Å². The van der Waals surface area contributed by atoms with Crippen LogP contribution in [0.15, 0.2) is 21.2 Å². The SMILES string of the molecule is CN1CCCCC1CNCc1ccc(Br)o1. The lowest BCUT2D eigenvalue weighted by Crippen LogP contribution is -2.42. The quantitative estimate of drug-likeness (QED) is 0.922. The zero-order valence-corrected chi connectivity index (χ0v) is 11.3. The first-order chi connectivity index (χ1) is 7.75. The second-order valence-electron chi connectivity index (χ2n) is 4.47. The van der Waals surface area contributed by atoms with Crippen molar-refractivity contribution in [2.24, 2.45) is 0 Å². The molecule has 16 heavy (non-hydrogen) atoms. The molecule has 90 valence electrons. The average molecular weight is 287 g/mol. The molecule has 2 rings (SSSR count). The Bertz CT molecular complexity index is 327. The Balaban J connectivity index is 1.71. The molecule has 0 aromatic carbocycles. The lowest BCUT2D eigenvalue weighted by Gasteiger charge is -2.32. The van der Waals surface area contributed by atoms with E-state index in [2.05, 4.69) is 33.2 Å². The second kappa shape index (κ2) is 5.84. The molecular weight excluding hydrogens is 268 g/mol. The normalized spacial score (nSPS) is 22.5. The molecule has 1 aromatic heterocycles. The van der Waals surface area contributed by atoms with Gasteiger partial charge in [-0.1, -0.05) is 6.42 Å². The molecule has 0 aliphatic carbocycles. The van der Waals surface area contributed by atoms with Gasteiger partial charge in [-0.3, -0.25) is 0 Å². The van der Waals surface area contributed by atoms with Crippen molar-refractivity contribution in [2.75, 3.05) is 20.1 Å². The Hall–Kier alpha value is -0.320. The number of likely N-dealkylation sites (N-methyl/N-ethyl adjacent to an activating group) is 1. The van der Waals surface area contributed by atoms with Crippen molar-refractivity contribution in [1.82, 2.24) is 10.2 Å². The van der Waals surface area contributed by atoms with Crippen LogP contribution in [0.1, 0.15) is 25.0 Å². The minimum atomic E-state index is 0.687. The largest absolute Gasteiger partial charge is 0.453 e. The van der Waals surface area contributed by atoms with Gasteiger partial charge in [-0.15, -0.1) is 0 Å². The van der Waals surface area contributed by atoms with Crippen molar-refractivity contribution < 1.29 is 4.42 Å². The van der Waals surface area contributed by atoms with Crippen molar-refractivity contribution in [3.05, 3.63) is 22.6 Å². The second-order valence-corrected chi connectivity index (χ2v) is 5.25. The molecule has 3 nitrogen and oxygen atoms in total. The molecule has 1 N–H and O–H groups in total. The summed E-state index contributed by atoms with van der Waals surface area (Å²) in [5.74, 6) is 0.991. The van der Waals surface area contributed by atoms with E-state index in [1.807, 2.05) is 12.1 Å². The molecule has 1 aliphatic rings. The molecule has 1 saturated heterocycles. The summed E-state index contributed by atoms with van der Waals surface area (Å²) in [6.45, 7) is 3.10. The van der Waals surface area contributed by atoms with Crippen molar-refractivity contribution in [3.8, 4) is 0 Å². The smallest absolute Gasteiger partial charge is 0.169 e. The molecule has 2 heterocycles. The van der Waals surface area contributed by atoms with Crippen LogP contribution in [-0.4, -0.2) is 31.1 Å². The predicted molar refractivity (Wildman–Crippen MR) is 68.4 cm³/mol. The number of likely N-dealkylation sites (tertiary alicyclic amines) is 1. The molecule has 0 radical (unpaired) electrons. The fourth-order valence-corrected chi connectivity index (χ4v) is 2.55. The summed E-state index contributed by atoms with van der Waals surface area (Å²) in [6.07, 6.45) is 4.02. The maximum absolute atomic E-state index is 5.44. The number of piperidine rings is 1. The summed E-state index contributed by atoms with van der Waals surface area (Å²) < 4.78 is 6.25. The van der Waals surface area contributed by atoms with E-state index in [4.69, 9.17) is 4.42 Å². The summed E-state index contributed by atoms with van der Waals surface area (Å²) >= 11 is 3.31. The highest BCUT2D eigenvalue weighted by Crippen LogP contribution is 2.15. The van der Waals surface area contributed by atoms with Crippen molar-refractivity contribution in [2.45, 2.75) is 31.8 Å². The van der Waals surface area contributed by atoms with Crippen LogP contribution >= 0.6 is 15.9 Å². The Morgan fingerprint density at radius 3 is 3.06 bits per heavy atom. The maximum atomic E-state index is 5.44. The third-order valence-corrected chi connectivity index (χ3v) is 3.66. The lowest BCUT2D eigenvalue weighted by molar-refractivity contribution is 0.180. The number of furan rings is 1. The van der Waals surface area contributed by atoms with Crippen LogP contribution in [-0.2, 0) is 6.54 Å². The Labute approximate surface area is 105 Å². The minimum Gasteiger partial charge on any atom is -0.453 e. The molecule has 4 heteroatoms. The highest BCUT2D eigenvalue weighted by Gasteiger charge is 2.17. The summed E-state index contributed by atoms with van der Waals surface area (Å²) in [5.41, 5.74) is 0. The van der Waals surface area contributed by atoms with E-state index in [0.717, 1.165) is 23.5 Å². The number of hydrogen-bond acceptors (Lipinski definition) is 3. The molecule has 0 bridgehead atoms. The van der Waals surface area contributed by atoms with Gasteiger partial charge in [0.15, 0.2) is 4.67 Å². The zero-order chi connectivity index (χ0) is 11.4.